The fourth-order valence-electron chi connectivity index (χ4n) is 2.21. The van der Waals surface area contributed by atoms with Crippen LogP contribution in [0.4, 0.5) is 0 Å². The summed E-state index contributed by atoms with van der Waals surface area (Å²) in [6, 6.07) is 9.19. The normalized spacial score (nSPS) is 21.3. The first-order chi connectivity index (χ1) is 9.15. The van der Waals surface area contributed by atoms with Crippen molar-refractivity contribution in [3.05, 3.63) is 35.9 Å². The van der Waals surface area contributed by atoms with Crippen molar-refractivity contribution in [2.24, 2.45) is 5.92 Å². The molecule has 0 radical (unpaired) electrons. The molecule has 1 saturated carbocycles. The van der Waals surface area contributed by atoms with Crippen LogP contribution in [-0.2, 0) is 9.59 Å². The number of rotatable bonds is 2. The van der Waals surface area contributed by atoms with Crippen molar-refractivity contribution in [2.45, 2.75) is 25.3 Å². The van der Waals surface area contributed by atoms with Crippen LogP contribution in [0, 0.1) is 17.8 Å². The number of aliphatic carboxylic acids is 1. The third-order valence-electron chi connectivity index (χ3n) is 3.21. The lowest BCUT2D eigenvalue weighted by Gasteiger charge is -2.08. The second kappa shape index (κ2) is 6.05. The van der Waals surface area contributed by atoms with E-state index in [-0.39, 0.29) is 17.9 Å². The molecule has 1 aromatic carbocycles. The van der Waals surface area contributed by atoms with Crippen LogP contribution in [0.25, 0.3) is 0 Å². The van der Waals surface area contributed by atoms with E-state index in [9.17, 15) is 9.59 Å². The highest BCUT2D eigenvalue weighted by molar-refractivity contribution is 5.94. The van der Waals surface area contributed by atoms with E-state index in [0.29, 0.717) is 19.3 Å². The van der Waals surface area contributed by atoms with Gasteiger partial charge in [-0.2, -0.15) is 0 Å². The Balaban J connectivity index is 1.86. The maximum atomic E-state index is 11.6. The summed E-state index contributed by atoms with van der Waals surface area (Å²) in [7, 11) is 0. The fourth-order valence-corrected chi connectivity index (χ4v) is 2.21. The van der Waals surface area contributed by atoms with Crippen molar-refractivity contribution < 1.29 is 14.7 Å². The van der Waals surface area contributed by atoms with Crippen LogP contribution in [-0.4, -0.2) is 23.0 Å². The summed E-state index contributed by atoms with van der Waals surface area (Å²) in [5.41, 5.74) is 0.785. The van der Waals surface area contributed by atoms with Crippen molar-refractivity contribution >= 4 is 11.9 Å². The molecule has 1 fully saturated rings. The maximum Gasteiger partial charge on any atom is 0.306 e. The number of carboxylic acid groups (broad SMARTS) is 1. The van der Waals surface area contributed by atoms with Crippen LogP contribution >= 0.6 is 0 Å². The van der Waals surface area contributed by atoms with E-state index in [1.807, 2.05) is 30.3 Å². The summed E-state index contributed by atoms with van der Waals surface area (Å²) >= 11 is 0. The number of hydrogen-bond donors (Lipinski definition) is 2. The molecule has 1 amide bonds. The van der Waals surface area contributed by atoms with E-state index in [4.69, 9.17) is 5.11 Å². The first-order valence-corrected chi connectivity index (χ1v) is 6.25. The predicted molar refractivity (Wildman–Crippen MR) is 70.2 cm³/mol. The van der Waals surface area contributed by atoms with Crippen molar-refractivity contribution in [1.82, 2.24) is 5.32 Å². The monoisotopic (exact) mass is 257 g/mol. The van der Waals surface area contributed by atoms with E-state index in [1.165, 1.54) is 0 Å². The zero-order valence-corrected chi connectivity index (χ0v) is 10.4. The van der Waals surface area contributed by atoms with Gasteiger partial charge in [0, 0.05) is 17.5 Å². The van der Waals surface area contributed by atoms with Gasteiger partial charge in [-0.3, -0.25) is 9.59 Å². The van der Waals surface area contributed by atoms with Crippen LogP contribution in [0.1, 0.15) is 24.8 Å². The Hall–Kier alpha value is -2.28. The molecule has 2 rings (SSSR count). The molecule has 2 N–H and O–H groups in total. The molecule has 2 atom stereocenters. The molecule has 0 aliphatic heterocycles. The molecule has 4 heteroatoms. The average Bonchev–Trinajstić information content (AvgIpc) is 2.86. The summed E-state index contributed by atoms with van der Waals surface area (Å²) < 4.78 is 0. The van der Waals surface area contributed by atoms with Gasteiger partial charge in [-0.05, 0) is 31.4 Å². The van der Waals surface area contributed by atoms with Crippen LogP contribution in [0.3, 0.4) is 0 Å². The molecule has 1 aliphatic rings. The number of hydrogen-bond acceptors (Lipinski definition) is 2. The maximum absolute atomic E-state index is 11.6. The second-order valence-corrected chi connectivity index (χ2v) is 4.63. The van der Waals surface area contributed by atoms with E-state index in [1.54, 1.807) is 0 Å². The molecule has 0 saturated heterocycles. The lowest BCUT2D eigenvalue weighted by molar-refractivity contribution is -0.141. The summed E-state index contributed by atoms with van der Waals surface area (Å²) in [6.45, 7) is 0. The fraction of sp³-hybridized carbons (Fsp3) is 0.333. The first kappa shape index (κ1) is 13.2. The molecule has 0 heterocycles. The van der Waals surface area contributed by atoms with Gasteiger partial charge in [-0.25, -0.2) is 0 Å². The quantitative estimate of drug-likeness (QED) is 0.787. The molecule has 0 aromatic heterocycles. The zero-order chi connectivity index (χ0) is 13.7. The average molecular weight is 257 g/mol. The lowest BCUT2D eigenvalue weighted by atomic mass is 10.1. The minimum Gasteiger partial charge on any atom is -0.481 e. The minimum atomic E-state index is -0.785. The van der Waals surface area contributed by atoms with Crippen molar-refractivity contribution in [3.8, 4) is 11.8 Å². The molecule has 98 valence electrons. The Morgan fingerprint density at radius 3 is 2.58 bits per heavy atom. The van der Waals surface area contributed by atoms with E-state index in [0.717, 1.165) is 5.56 Å². The zero-order valence-electron chi connectivity index (χ0n) is 10.4. The number of carbonyl (C=O) groups is 2. The number of benzene rings is 1. The highest BCUT2D eigenvalue weighted by atomic mass is 16.4. The molecule has 0 bridgehead atoms. The second-order valence-electron chi connectivity index (χ2n) is 4.63. The first-order valence-electron chi connectivity index (χ1n) is 6.25. The molecular weight excluding hydrogens is 242 g/mol. The molecule has 0 unspecified atom stereocenters. The highest BCUT2D eigenvalue weighted by Gasteiger charge is 2.30. The molecular formula is C15H15NO3. The summed E-state index contributed by atoms with van der Waals surface area (Å²) in [5, 5.41) is 11.6. The van der Waals surface area contributed by atoms with Crippen LogP contribution < -0.4 is 5.32 Å². The topological polar surface area (TPSA) is 66.4 Å². The van der Waals surface area contributed by atoms with Gasteiger partial charge >= 0.3 is 5.97 Å². The van der Waals surface area contributed by atoms with E-state index in [2.05, 4.69) is 17.2 Å². The van der Waals surface area contributed by atoms with Crippen LogP contribution in [0.5, 0.6) is 0 Å². The van der Waals surface area contributed by atoms with Gasteiger partial charge < -0.3 is 10.4 Å². The van der Waals surface area contributed by atoms with Gasteiger partial charge in [0.15, 0.2) is 0 Å². The Labute approximate surface area is 111 Å². The molecule has 1 aromatic rings. The summed E-state index contributed by atoms with van der Waals surface area (Å²) in [4.78, 5) is 22.4. The number of nitrogens with one attached hydrogen (secondary N) is 1. The number of carboxylic acids is 1. The predicted octanol–water partition coefficient (Wildman–Crippen LogP) is 1.41. The highest BCUT2D eigenvalue weighted by Crippen LogP contribution is 2.25. The SMILES string of the molecule is O=C(C#Cc1ccccc1)N[C@H]1CC[C@@H](C(=O)O)C1. The van der Waals surface area contributed by atoms with Crippen molar-refractivity contribution in [3.63, 3.8) is 0 Å². The number of carbonyl (C=O) groups excluding carboxylic acids is 1. The Morgan fingerprint density at radius 2 is 1.95 bits per heavy atom. The van der Waals surface area contributed by atoms with Gasteiger partial charge in [0.2, 0.25) is 0 Å². The van der Waals surface area contributed by atoms with Gasteiger partial charge in [0.05, 0.1) is 5.92 Å². The number of amides is 1. The van der Waals surface area contributed by atoms with Crippen LogP contribution in [0.15, 0.2) is 30.3 Å². The Morgan fingerprint density at radius 1 is 1.21 bits per heavy atom. The van der Waals surface area contributed by atoms with Crippen molar-refractivity contribution in [1.29, 1.82) is 0 Å². The summed E-state index contributed by atoms with van der Waals surface area (Å²) in [5.74, 6) is 3.82. The Kier molecular flexibility index (Phi) is 4.19. The summed E-state index contributed by atoms with van der Waals surface area (Å²) in [6.07, 6.45) is 1.82. The van der Waals surface area contributed by atoms with E-state index < -0.39 is 5.97 Å². The van der Waals surface area contributed by atoms with Gasteiger partial charge in [-0.15, -0.1) is 0 Å². The third-order valence-corrected chi connectivity index (χ3v) is 3.21. The molecule has 0 spiro atoms. The van der Waals surface area contributed by atoms with E-state index >= 15 is 0 Å². The molecule has 1 aliphatic carbocycles. The smallest absolute Gasteiger partial charge is 0.306 e. The Bertz CT molecular complexity index is 527. The van der Waals surface area contributed by atoms with Gasteiger partial charge in [-0.1, -0.05) is 24.1 Å². The molecule has 19 heavy (non-hydrogen) atoms. The standard InChI is InChI=1S/C15H15NO3/c17-14(9-6-11-4-2-1-3-5-11)16-13-8-7-12(10-13)15(18)19/h1-5,12-13H,7-8,10H2,(H,16,17)(H,18,19)/t12-,13+/m1/s1. The lowest BCUT2D eigenvalue weighted by Crippen LogP contribution is -2.32. The third kappa shape index (κ3) is 3.85. The van der Waals surface area contributed by atoms with Crippen molar-refractivity contribution in [2.75, 3.05) is 0 Å². The largest absolute Gasteiger partial charge is 0.481 e. The van der Waals surface area contributed by atoms with Crippen LogP contribution in [0.2, 0.25) is 0 Å². The molecule has 4 nitrogen and oxygen atoms in total. The van der Waals surface area contributed by atoms with Gasteiger partial charge in [0.25, 0.3) is 5.91 Å². The van der Waals surface area contributed by atoms with Gasteiger partial charge in [0.1, 0.15) is 0 Å². The minimum absolute atomic E-state index is 0.0707.